The van der Waals surface area contributed by atoms with Crippen molar-refractivity contribution in [3.8, 4) is 0 Å². The number of hydrogen-bond donors (Lipinski definition) is 1. The Morgan fingerprint density at radius 3 is 2.26 bits per heavy atom. The molecule has 0 aliphatic rings. The maximum absolute atomic E-state index is 11.9. The number of benzene rings is 2. The van der Waals surface area contributed by atoms with Crippen LogP contribution in [-0.4, -0.2) is 12.2 Å². The van der Waals surface area contributed by atoms with E-state index >= 15 is 0 Å². The Morgan fingerprint density at radius 1 is 1.05 bits per heavy atom. The van der Waals surface area contributed by atoms with Gasteiger partial charge < -0.3 is 5.32 Å². The fourth-order valence-electron chi connectivity index (χ4n) is 1.77. The molecule has 0 aliphatic heterocycles. The van der Waals surface area contributed by atoms with E-state index in [9.17, 15) is 4.79 Å². The maximum atomic E-state index is 11.9. The zero-order chi connectivity index (χ0) is 13.7. The molecule has 1 N–H and O–H groups in total. The SMILES string of the molecule is CSc1ccc(NC(=O)Cc2ccc(C)cc2)cc1. The highest BCUT2D eigenvalue weighted by atomic mass is 32.2. The highest BCUT2D eigenvalue weighted by molar-refractivity contribution is 7.98. The molecule has 0 saturated heterocycles. The van der Waals surface area contributed by atoms with Gasteiger partial charge in [-0.05, 0) is 43.0 Å². The van der Waals surface area contributed by atoms with Crippen LogP contribution in [0.3, 0.4) is 0 Å². The van der Waals surface area contributed by atoms with Gasteiger partial charge in [-0.1, -0.05) is 29.8 Å². The lowest BCUT2D eigenvalue weighted by Crippen LogP contribution is -2.14. The summed E-state index contributed by atoms with van der Waals surface area (Å²) < 4.78 is 0. The first kappa shape index (κ1) is 13.7. The van der Waals surface area contributed by atoms with E-state index in [1.807, 2.05) is 61.7 Å². The molecule has 2 nitrogen and oxygen atoms in total. The van der Waals surface area contributed by atoms with E-state index in [-0.39, 0.29) is 5.91 Å². The van der Waals surface area contributed by atoms with Crippen LogP contribution >= 0.6 is 11.8 Å². The normalized spacial score (nSPS) is 10.2. The van der Waals surface area contributed by atoms with Gasteiger partial charge in [-0.25, -0.2) is 0 Å². The van der Waals surface area contributed by atoms with Crippen LogP contribution in [0.4, 0.5) is 5.69 Å². The predicted octanol–water partition coefficient (Wildman–Crippen LogP) is 3.90. The van der Waals surface area contributed by atoms with Crippen molar-refractivity contribution in [2.45, 2.75) is 18.2 Å². The smallest absolute Gasteiger partial charge is 0.228 e. The molecule has 3 heteroatoms. The molecular formula is C16H17NOS. The van der Waals surface area contributed by atoms with Crippen LogP contribution in [0.2, 0.25) is 0 Å². The number of amides is 1. The van der Waals surface area contributed by atoms with Crippen molar-refractivity contribution >= 4 is 23.4 Å². The second-order valence-electron chi connectivity index (χ2n) is 4.44. The van der Waals surface area contributed by atoms with E-state index in [1.54, 1.807) is 11.8 Å². The lowest BCUT2D eigenvalue weighted by molar-refractivity contribution is -0.115. The van der Waals surface area contributed by atoms with Gasteiger partial charge in [0.25, 0.3) is 0 Å². The maximum Gasteiger partial charge on any atom is 0.228 e. The van der Waals surface area contributed by atoms with E-state index in [2.05, 4.69) is 5.32 Å². The summed E-state index contributed by atoms with van der Waals surface area (Å²) in [5, 5.41) is 2.91. The molecule has 1 amide bonds. The monoisotopic (exact) mass is 271 g/mol. The van der Waals surface area contributed by atoms with Crippen molar-refractivity contribution in [2.24, 2.45) is 0 Å². The van der Waals surface area contributed by atoms with E-state index in [4.69, 9.17) is 0 Å². The van der Waals surface area contributed by atoms with Crippen LogP contribution in [-0.2, 0) is 11.2 Å². The Labute approximate surface area is 118 Å². The average molecular weight is 271 g/mol. The molecule has 0 aromatic heterocycles. The molecule has 0 unspecified atom stereocenters. The largest absolute Gasteiger partial charge is 0.326 e. The molecule has 98 valence electrons. The standard InChI is InChI=1S/C16H17NOS/c1-12-3-5-13(6-4-12)11-16(18)17-14-7-9-15(19-2)10-8-14/h3-10H,11H2,1-2H3,(H,17,18). The van der Waals surface area contributed by atoms with Gasteiger partial charge in [0.2, 0.25) is 5.91 Å². The quantitative estimate of drug-likeness (QED) is 0.855. The van der Waals surface area contributed by atoms with Crippen LogP contribution in [0, 0.1) is 6.92 Å². The number of thioether (sulfide) groups is 1. The first-order chi connectivity index (χ1) is 9.17. The summed E-state index contributed by atoms with van der Waals surface area (Å²) in [5.74, 6) is 0.0146. The minimum absolute atomic E-state index is 0.0146. The molecule has 2 aromatic carbocycles. The zero-order valence-electron chi connectivity index (χ0n) is 11.1. The molecule has 0 saturated carbocycles. The van der Waals surface area contributed by atoms with Crippen molar-refractivity contribution < 1.29 is 4.79 Å². The first-order valence-corrected chi connectivity index (χ1v) is 7.39. The highest BCUT2D eigenvalue weighted by Crippen LogP contribution is 2.17. The van der Waals surface area contributed by atoms with Gasteiger partial charge in [0.05, 0.1) is 6.42 Å². The van der Waals surface area contributed by atoms with Gasteiger partial charge in [0.1, 0.15) is 0 Å². The summed E-state index contributed by atoms with van der Waals surface area (Å²) in [7, 11) is 0. The molecule has 0 bridgehead atoms. The molecule has 0 fully saturated rings. The molecule has 0 atom stereocenters. The van der Waals surface area contributed by atoms with Gasteiger partial charge in [0, 0.05) is 10.6 Å². The van der Waals surface area contributed by atoms with Crippen molar-refractivity contribution in [2.75, 3.05) is 11.6 Å². The third-order valence-corrected chi connectivity index (χ3v) is 3.60. The summed E-state index contributed by atoms with van der Waals surface area (Å²) in [6, 6.07) is 15.9. The first-order valence-electron chi connectivity index (χ1n) is 6.17. The van der Waals surface area contributed by atoms with Gasteiger partial charge in [-0.3, -0.25) is 4.79 Å². The van der Waals surface area contributed by atoms with Crippen LogP contribution in [0.1, 0.15) is 11.1 Å². The summed E-state index contributed by atoms with van der Waals surface area (Å²) in [6.07, 6.45) is 2.44. The number of hydrogen-bond acceptors (Lipinski definition) is 2. The van der Waals surface area contributed by atoms with Gasteiger partial charge in [0.15, 0.2) is 0 Å². The molecular weight excluding hydrogens is 254 g/mol. The van der Waals surface area contributed by atoms with Gasteiger partial charge in [-0.15, -0.1) is 11.8 Å². The van der Waals surface area contributed by atoms with Crippen molar-refractivity contribution in [3.63, 3.8) is 0 Å². The zero-order valence-corrected chi connectivity index (χ0v) is 12.0. The molecule has 0 heterocycles. The number of aryl methyl sites for hydroxylation is 1. The minimum atomic E-state index is 0.0146. The van der Waals surface area contributed by atoms with Crippen LogP contribution < -0.4 is 5.32 Å². The molecule has 0 aliphatic carbocycles. The van der Waals surface area contributed by atoms with Crippen LogP contribution in [0.25, 0.3) is 0 Å². The van der Waals surface area contributed by atoms with Crippen molar-refractivity contribution in [1.29, 1.82) is 0 Å². The van der Waals surface area contributed by atoms with E-state index in [0.29, 0.717) is 6.42 Å². The number of carbonyl (C=O) groups is 1. The molecule has 2 rings (SSSR count). The average Bonchev–Trinajstić information content (AvgIpc) is 2.42. The molecule has 0 radical (unpaired) electrons. The van der Waals surface area contributed by atoms with Crippen molar-refractivity contribution in [3.05, 3.63) is 59.7 Å². The molecule has 0 spiro atoms. The molecule has 19 heavy (non-hydrogen) atoms. The summed E-state index contributed by atoms with van der Waals surface area (Å²) in [6.45, 7) is 2.04. The minimum Gasteiger partial charge on any atom is -0.326 e. The fourth-order valence-corrected chi connectivity index (χ4v) is 2.18. The Hall–Kier alpha value is -1.74. The summed E-state index contributed by atoms with van der Waals surface area (Å²) in [5.41, 5.74) is 3.08. The second-order valence-corrected chi connectivity index (χ2v) is 5.32. The van der Waals surface area contributed by atoms with Crippen LogP contribution in [0.15, 0.2) is 53.4 Å². The number of nitrogens with one attached hydrogen (secondary N) is 1. The number of carbonyl (C=O) groups excluding carboxylic acids is 1. The Bertz CT molecular complexity index is 546. The highest BCUT2D eigenvalue weighted by Gasteiger charge is 2.04. The van der Waals surface area contributed by atoms with Gasteiger partial charge >= 0.3 is 0 Å². The lowest BCUT2D eigenvalue weighted by Gasteiger charge is -2.06. The molecule has 2 aromatic rings. The van der Waals surface area contributed by atoms with E-state index in [1.165, 1.54) is 10.5 Å². The number of anilines is 1. The second kappa shape index (κ2) is 6.43. The van der Waals surface area contributed by atoms with E-state index < -0.39 is 0 Å². The summed E-state index contributed by atoms with van der Waals surface area (Å²) >= 11 is 1.69. The number of rotatable bonds is 4. The topological polar surface area (TPSA) is 29.1 Å². The predicted molar refractivity (Wildman–Crippen MR) is 81.7 cm³/mol. The summed E-state index contributed by atoms with van der Waals surface area (Å²) in [4.78, 5) is 13.1. The fraction of sp³-hybridized carbons (Fsp3) is 0.188. The lowest BCUT2D eigenvalue weighted by atomic mass is 10.1. The Balaban J connectivity index is 1.95. The Morgan fingerprint density at radius 2 is 1.68 bits per heavy atom. The Kier molecular flexibility index (Phi) is 4.63. The van der Waals surface area contributed by atoms with E-state index in [0.717, 1.165) is 11.3 Å². The van der Waals surface area contributed by atoms with Crippen LogP contribution in [0.5, 0.6) is 0 Å². The third kappa shape index (κ3) is 4.14. The van der Waals surface area contributed by atoms with Gasteiger partial charge in [-0.2, -0.15) is 0 Å². The van der Waals surface area contributed by atoms with Crippen molar-refractivity contribution in [1.82, 2.24) is 0 Å². The third-order valence-electron chi connectivity index (χ3n) is 2.86.